The molecule has 0 aromatic heterocycles. The second kappa shape index (κ2) is 18.4. The highest BCUT2D eigenvalue weighted by Gasteiger charge is 2.80. The van der Waals surface area contributed by atoms with Crippen LogP contribution in [0.5, 0.6) is 0 Å². The number of hydrogen-bond donors (Lipinski definition) is 3. The Hall–Kier alpha value is -4.46. The van der Waals surface area contributed by atoms with Crippen molar-refractivity contribution in [1.82, 2.24) is 4.90 Å². The van der Waals surface area contributed by atoms with Crippen LogP contribution >= 0.6 is 11.8 Å². The van der Waals surface area contributed by atoms with Crippen molar-refractivity contribution < 1.29 is 66.7 Å². The number of halogens is 2. The van der Waals surface area contributed by atoms with Crippen LogP contribution in [0, 0.1) is 22.7 Å². The van der Waals surface area contributed by atoms with Gasteiger partial charge in [0.2, 0.25) is 5.91 Å². The lowest BCUT2D eigenvalue weighted by Gasteiger charge is -2.63. The van der Waals surface area contributed by atoms with Crippen molar-refractivity contribution in [3.8, 4) is 0 Å². The third-order valence-electron chi connectivity index (χ3n) is 14.0. The lowest BCUT2D eigenvalue weighted by atomic mass is 9.44. The molecule has 14 nitrogen and oxygen atoms in total. The number of ether oxygens (including phenoxy) is 5. The number of benzene rings is 2. The first-order valence-corrected chi connectivity index (χ1v) is 22.4. The first-order chi connectivity index (χ1) is 30.6. The molecule has 0 radical (unpaired) electrons. The normalized spacial score (nSPS) is 33.8. The van der Waals surface area contributed by atoms with Crippen molar-refractivity contribution >= 4 is 46.7 Å². The number of hydrogen-bond acceptors (Lipinski definition) is 12. The fourth-order valence-electron chi connectivity index (χ4n) is 10.9. The van der Waals surface area contributed by atoms with Crippen molar-refractivity contribution in [3.63, 3.8) is 0 Å². The van der Waals surface area contributed by atoms with Gasteiger partial charge in [0.25, 0.3) is 11.8 Å². The van der Waals surface area contributed by atoms with E-state index in [1.54, 1.807) is 19.9 Å². The molecular weight excluding hydrogens is 855 g/mol. The quantitative estimate of drug-likeness (QED) is 0.106. The standard InChI is InChI=1S/C47H52F2N2O12S/c1-44-14-12-30(53)23-35(44)36(48)24-34-33-25-39-47(38(55)27-52,45(33,2)26-37(54)46(34,44)49)63-43(62-39)28-6-8-31(9-7-28)64-32-5-3-4-29(22-32)50-40(56)13-16-59-18-20-61-21-19-60-17-15-51-41(57)10-11-42(51)58/h3-12,14,22-23,33-34,36-37,39,43,52,54H,13,15-21,24-27H2,1-2H3,(H,50,56)/p+1/t33-,34-,36-,37-,39+,43+,44-,45-,46-,47+/m0/s1. The highest BCUT2D eigenvalue weighted by molar-refractivity contribution is 7.99. The number of amides is 3. The molecular formula is C47H53F2N2O12S+. The molecule has 0 bridgehead atoms. The third kappa shape index (κ3) is 8.12. The number of carbonyl (C=O) groups excluding carboxylic acids is 5. The van der Waals surface area contributed by atoms with Gasteiger partial charge in [0.15, 0.2) is 23.3 Å². The van der Waals surface area contributed by atoms with Crippen LogP contribution in [-0.2, 0) is 42.9 Å². The van der Waals surface area contributed by atoms with Gasteiger partial charge < -0.3 is 39.2 Å². The van der Waals surface area contributed by atoms with Crippen LogP contribution in [0.15, 0.2) is 94.3 Å². The highest BCUT2D eigenvalue weighted by Crippen LogP contribution is 2.72. The average Bonchev–Trinajstić information content (AvgIpc) is 3.89. The van der Waals surface area contributed by atoms with Crippen LogP contribution in [0.3, 0.4) is 0 Å². The molecule has 8 rings (SSSR count). The monoisotopic (exact) mass is 907 g/mol. The Balaban J connectivity index is 0.817. The third-order valence-corrected chi connectivity index (χ3v) is 15.0. The number of anilines is 1. The molecule has 17 heteroatoms. The maximum Gasteiger partial charge on any atom is 0.339 e. The van der Waals surface area contributed by atoms with E-state index in [1.165, 1.54) is 42.1 Å². The van der Waals surface area contributed by atoms with Crippen LogP contribution in [0.25, 0.3) is 0 Å². The Labute approximate surface area is 373 Å². The van der Waals surface area contributed by atoms with Crippen LogP contribution < -0.4 is 5.32 Å². The van der Waals surface area contributed by atoms with Crippen LogP contribution in [-0.4, -0.2) is 132 Å². The van der Waals surface area contributed by atoms with Crippen molar-refractivity contribution in [2.45, 2.75) is 85.3 Å². The smallest absolute Gasteiger partial charge is 0.339 e. The summed E-state index contributed by atoms with van der Waals surface area (Å²) >= 11 is 1.46. The Bertz CT molecular complexity index is 2240. The molecule has 1 saturated heterocycles. The molecule has 2 heterocycles. The topological polar surface area (TPSA) is 192 Å². The predicted octanol–water partition coefficient (Wildman–Crippen LogP) is 4.76. The summed E-state index contributed by atoms with van der Waals surface area (Å²) in [6.45, 7) is 4.25. The molecule has 4 aliphatic carbocycles. The molecule has 2 aromatic rings. The minimum Gasteiger partial charge on any atom is -0.390 e. The molecule has 3 saturated carbocycles. The first-order valence-electron chi connectivity index (χ1n) is 21.5. The van der Waals surface area contributed by atoms with Gasteiger partial charge in [-0.05, 0) is 68.0 Å². The van der Waals surface area contributed by atoms with Crippen LogP contribution in [0.2, 0.25) is 0 Å². The van der Waals surface area contributed by atoms with Gasteiger partial charge in [0, 0.05) is 62.1 Å². The molecule has 10 atom stereocenters. The summed E-state index contributed by atoms with van der Waals surface area (Å²) in [4.78, 5) is 62.6. The lowest BCUT2D eigenvalue weighted by Crippen LogP contribution is -2.70. The first kappa shape index (κ1) is 46.1. The van der Waals surface area contributed by atoms with Gasteiger partial charge in [0.1, 0.15) is 12.8 Å². The minimum atomic E-state index is -2.31. The molecule has 6 aliphatic rings. The number of nitrogens with one attached hydrogen (secondary N) is 1. The van der Waals surface area contributed by atoms with Gasteiger partial charge in [-0.25, -0.2) is 8.78 Å². The number of imide groups is 1. The predicted molar refractivity (Wildman–Crippen MR) is 228 cm³/mol. The average molecular weight is 908 g/mol. The van der Waals surface area contributed by atoms with Gasteiger partial charge in [-0.2, -0.15) is 0 Å². The zero-order valence-corrected chi connectivity index (χ0v) is 36.4. The van der Waals surface area contributed by atoms with Crippen molar-refractivity contribution in [2.24, 2.45) is 22.7 Å². The van der Waals surface area contributed by atoms with Gasteiger partial charge in [-0.15, -0.1) is 0 Å². The van der Waals surface area contributed by atoms with E-state index in [0.717, 1.165) is 14.7 Å². The Morgan fingerprint density at radius 3 is 2.33 bits per heavy atom. The molecule has 342 valence electrons. The second-order valence-corrected chi connectivity index (χ2v) is 18.7. The van der Waals surface area contributed by atoms with E-state index >= 15 is 8.78 Å². The summed E-state index contributed by atoms with van der Waals surface area (Å²) in [7, 11) is 0. The number of aliphatic hydroxyl groups excluding tert-OH is 2. The number of aliphatic hydroxyl groups is 2. The number of nitrogens with zero attached hydrogens (tertiary/aromatic N) is 1. The molecule has 64 heavy (non-hydrogen) atoms. The molecule has 4 fully saturated rings. The Morgan fingerprint density at radius 1 is 0.938 bits per heavy atom. The lowest BCUT2D eigenvalue weighted by molar-refractivity contribution is -0.235. The number of allylic oxidation sites excluding steroid dienone is 4. The van der Waals surface area contributed by atoms with Crippen molar-refractivity contribution in [2.75, 3.05) is 58.1 Å². The van der Waals surface area contributed by atoms with Gasteiger partial charge in [-0.3, -0.25) is 28.9 Å². The van der Waals surface area contributed by atoms with E-state index in [4.69, 9.17) is 23.7 Å². The zero-order valence-electron chi connectivity index (χ0n) is 35.6. The fourth-order valence-corrected chi connectivity index (χ4v) is 11.8. The largest absolute Gasteiger partial charge is 0.390 e. The Morgan fingerprint density at radius 2 is 1.62 bits per heavy atom. The van der Waals surface area contributed by atoms with E-state index in [2.05, 4.69) is 5.32 Å². The second-order valence-electron chi connectivity index (χ2n) is 17.5. The maximum absolute atomic E-state index is 17.7. The van der Waals surface area contributed by atoms with Crippen LogP contribution in [0.1, 0.15) is 51.4 Å². The zero-order chi connectivity index (χ0) is 45.4. The number of Topliss-reactive ketones (excluding diaryl/α,β-unsaturated/α-hetero) is 1. The van der Waals surface area contributed by atoms with Gasteiger partial charge >= 0.3 is 5.78 Å². The number of alkyl halides is 2. The number of fused-ring (bicyclic) bond motifs is 7. The molecule has 0 spiro atoms. The van der Waals surface area contributed by atoms with E-state index in [9.17, 15) is 34.2 Å². The van der Waals surface area contributed by atoms with Crippen molar-refractivity contribution in [1.29, 1.82) is 0 Å². The summed E-state index contributed by atoms with van der Waals surface area (Å²) in [6, 6.07) is 14.7. The molecule has 2 aliphatic heterocycles. The van der Waals surface area contributed by atoms with E-state index in [0.29, 0.717) is 37.7 Å². The minimum absolute atomic E-state index is 0.0739. The Kier molecular flexibility index (Phi) is 13.3. The van der Waals surface area contributed by atoms with E-state index in [1.807, 2.05) is 42.5 Å². The molecule has 4 N–H and O–H groups in total. The summed E-state index contributed by atoms with van der Waals surface area (Å²) in [5, 5.41) is 25.0. The molecule has 2 aromatic carbocycles. The molecule has 0 unspecified atom stereocenters. The van der Waals surface area contributed by atoms with Crippen LogP contribution in [0.4, 0.5) is 14.5 Å². The maximum atomic E-state index is 17.7. The molecule has 3 amide bonds. The summed E-state index contributed by atoms with van der Waals surface area (Å²) in [5.74, 6) is -3.39. The summed E-state index contributed by atoms with van der Waals surface area (Å²) in [5.41, 5.74) is -5.50. The number of carbonyl (C=O) groups is 4. The number of rotatable bonds is 18. The summed E-state index contributed by atoms with van der Waals surface area (Å²) < 4.78 is 63.2. The van der Waals surface area contributed by atoms with E-state index < -0.39 is 71.0 Å². The fraction of sp³-hybridized carbons (Fsp3) is 0.511. The van der Waals surface area contributed by atoms with Crippen molar-refractivity contribution in [3.05, 3.63) is 90.0 Å². The summed E-state index contributed by atoms with van der Waals surface area (Å²) in [6.07, 6.45) is 1.18. The SMILES string of the molecule is C[C@]12C=CC(=[OH+])C=C1[C@@H](F)C[C@H]1[C@@H]3C[C@H]4O[C@@H](c5ccc(Sc6cccc(NC(=O)CCOCCOCCOCCN7C(=O)C=CC7=O)c6)cc5)O[C@@]4(C(=O)CO)[C@@]3(C)C[C@H](O)[C@@]12F. The number of ketones is 2. The highest BCUT2D eigenvalue weighted by atomic mass is 32.2. The van der Waals surface area contributed by atoms with Gasteiger partial charge in [0.05, 0.1) is 64.8 Å². The van der Waals surface area contributed by atoms with E-state index in [-0.39, 0.29) is 74.5 Å². The van der Waals surface area contributed by atoms with Gasteiger partial charge in [-0.1, -0.05) is 43.0 Å².